The van der Waals surface area contributed by atoms with Gasteiger partial charge in [-0.15, -0.1) is 0 Å². The molecule has 1 spiro atoms. The van der Waals surface area contributed by atoms with Gasteiger partial charge in [0.05, 0.1) is 11.5 Å². The second-order valence-corrected chi connectivity index (χ2v) is 8.55. The number of carbonyl (C=O) groups excluding carboxylic acids is 1. The molecule has 124 valence electrons. The normalized spacial score (nSPS) is 32.3. The van der Waals surface area contributed by atoms with Gasteiger partial charge in [0.1, 0.15) is 0 Å². The molecule has 0 radical (unpaired) electrons. The molecule has 1 heterocycles. The van der Waals surface area contributed by atoms with Crippen molar-refractivity contribution in [3.05, 3.63) is 0 Å². The number of carboxylic acids is 1. The number of hydrogen-bond donors (Lipinski definition) is 2. The molecule has 1 saturated heterocycles. The van der Waals surface area contributed by atoms with Crippen LogP contribution >= 0.6 is 0 Å². The summed E-state index contributed by atoms with van der Waals surface area (Å²) in [4.78, 5) is 23.5. The van der Waals surface area contributed by atoms with Crippen LogP contribution in [0.3, 0.4) is 0 Å². The highest BCUT2D eigenvalue weighted by molar-refractivity contribution is 5.84. The second kappa shape index (κ2) is 4.70. The topological polar surface area (TPSA) is 75.6 Å². The molecule has 1 amide bonds. The van der Waals surface area contributed by atoms with Crippen LogP contribution < -0.4 is 5.32 Å². The zero-order chi connectivity index (χ0) is 16.3. The zero-order valence-electron chi connectivity index (χ0n) is 13.9. The van der Waals surface area contributed by atoms with E-state index in [9.17, 15) is 9.59 Å². The number of hydrogen-bond acceptors (Lipinski definition) is 3. The van der Waals surface area contributed by atoms with Gasteiger partial charge in [-0.05, 0) is 36.5 Å². The molecule has 5 nitrogen and oxygen atoms in total. The van der Waals surface area contributed by atoms with Crippen molar-refractivity contribution in [2.75, 3.05) is 6.61 Å². The molecule has 3 fully saturated rings. The largest absolute Gasteiger partial charge is 0.481 e. The minimum absolute atomic E-state index is 0.0464. The van der Waals surface area contributed by atoms with E-state index >= 15 is 0 Å². The molecule has 0 aromatic carbocycles. The molecule has 3 rings (SSSR count). The summed E-state index contributed by atoms with van der Waals surface area (Å²) >= 11 is 0. The number of aliphatic carboxylic acids is 1. The first kappa shape index (κ1) is 15.8. The third-order valence-electron chi connectivity index (χ3n) is 6.71. The van der Waals surface area contributed by atoms with Crippen molar-refractivity contribution in [3.63, 3.8) is 0 Å². The van der Waals surface area contributed by atoms with Gasteiger partial charge in [-0.3, -0.25) is 9.59 Å². The summed E-state index contributed by atoms with van der Waals surface area (Å²) < 4.78 is 5.84. The number of nitrogens with one attached hydrogen (secondary N) is 1. The summed E-state index contributed by atoms with van der Waals surface area (Å²) in [6, 6.07) is 0.114. The van der Waals surface area contributed by atoms with E-state index in [1.807, 2.05) is 0 Å². The van der Waals surface area contributed by atoms with Crippen LogP contribution in [0.4, 0.5) is 0 Å². The number of amides is 1. The maximum absolute atomic E-state index is 12.5. The quantitative estimate of drug-likeness (QED) is 0.838. The van der Waals surface area contributed by atoms with E-state index in [2.05, 4.69) is 33.0 Å². The summed E-state index contributed by atoms with van der Waals surface area (Å²) in [7, 11) is 0. The van der Waals surface area contributed by atoms with Gasteiger partial charge in [-0.1, -0.05) is 27.7 Å². The van der Waals surface area contributed by atoms with Gasteiger partial charge in [0.25, 0.3) is 0 Å². The van der Waals surface area contributed by atoms with E-state index in [0.29, 0.717) is 19.4 Å². The fourth-order valence-corrected chi connectivity index (χ4v) is 4.58. The van der Waals surface area contributed by atoms with Gasteiger partial charge in [0, 0.05) is 18.6 Å². The average molecular weight is 309 g/mol. The minimum atomic E-state index is -0.734. The summed E-state index contributed by atoms with van der Waals surface area (Å²) in [6.45, 7) is 9.19. The second-order valence-electron chi connectivity index (χ2n) is 8.55. The third kappa shape index (κ3) is 2.25. The lowest BCUT2D eigenvalue weighted by atomic mass is 9.66. The van der Waals surface area contributed by atoms with Gasteiger partial charge >= 0.3 is 5.97 Å². The number of ether oxygens (including phenoxy) is 1. The molecule has 0 aromatic heterocycles. The molecule has 1 aliphatic heterocycles. The summed E-state index contributed by atoms with van der Waals surface area (Å²) in [5, 5.41) is 12.2. The number of rotatable bonds is 3. The number of carboxylic acid groups (broad SMARTS) is 1. The fourth-order valence-electron chi connectivity index (χ4n) is 4.58. The van der Waals surface area contributed by atoms with Gasteiger partial charge < -0.3 is 15.2 Å². The van der Waals surface area contributed by atoms with Crippen molar-refractivity contribution >= 4 is 11.9 Å². The molecule has 2 saturated carbocycles. The van der Waals surface area contributed by atoms with Gasteiger partial charge in [0.15, 0.2) is 0 Å². The first-order valence-corrected chi connectivity index (χ1v) is 8.26. The van der Waals surface area contributed by atoms with E-state index in [0.717, 1.165) is 12.8 Å². The van der Waals surface area contributed by atoms with Crippen LogP contribution in [-0.4, -0.2) is 35.2 Å². The lowest BCUT2D eigenvalue weighted by Gasteiger charge is -2.50. The van der Waals surface area contributed by atoms with Crippen LogP contribution in [0.25, 0.3) is 0 Å². The van der Waals surface area contributed by atoms with Gasteiger partial charge in [-0.25, -0.2) is 0 Å². The minimum Gasteiger partial charge on any atom is -0.481 e. The van der Waals surface area contributed by atoms with E-state index in [1.165, 1.54) is 0 Å². The van der Waals surface area contributed by atoms with Crippen LogP contribution in [-0.2, 0) is 14.3 Å². The Morgan fingerprint density at radius 3 is 2.18 bits per heavy atom. The van der Waals surface area contributed by atoms with Crippen LogP contribution in [0, 0.1) is 22.7 Å². The van der Waals surface area contributed by atoms with Gasteiger partial charge in [-0.2, -0.15) is 0 Å². The Morgan fingerprint density at radius 1 is 1.09 bits per heavy atom. The highest BCUT2D eigenvalue weighted by Crippen LogP contribution is 2.68. The van der Waals surface area contributed by atoms with Crippen LogP contribution in [0.5, 0.6) is 0 Å². The first-order valence-electron chi connectivity index (χ1n) is 8.26. The molecule has 2 aliphatic carbocycles. The van der Waals surface area contributed by atoms with Crippen molar-refractivity contribution < 1.29 is 19.4 Å². The molecule has 1 atom stereocenters. The molecule has 2 N–H and O–H groups in total. The Balaban J connectivity index is 1.56. The SMILES string of the molecule is CC1(C)C(C(=O)NC2CCOC3(C2)CC(C(=O)O)C3)C1(C)C. The Morgan fingerprint density at radius 2 is 1.68 bits per heavy atom. The maximum atomic E-state index is 12.5. The fraction of sp³-hybridized carbons (Fsp3) is 0.882. The molecule has 0 aromatic rings. The van der Waals surface area contributed by atoms with Crippen molar-refractivity contribution in [2.24, 2.45) is 22.7 Å². The Bertz CT molecular complexity index is 491. The Labute approximate surface area is 131 Å². The van der Waals surface area contributed by atoms with Crippen LogP contribution in [0.15, 0.2) is 0 Å². The van der Waals surface area contributed by atoms with Crippen molar-refractivity contribution in [1.82, 2.24) is 5.32 Å². The van der Waals surface area contributed by atoms with E-state index < -0.39 is 5.97 Å². The summed E-state index contributed by atoms with van der Waals surface area (Å²) in [5.41, 5.74) is -0.219. The molecule has 0 bridgehead atoms. The van der Waals surface area contributed by atoms with Gasteiger partial charge in [0.2, 0.25) is 5.91 Å². The lowest BCUT2D eigenvalue weighted by molar-refractivity contribution is -0.182. The van der Waals surface area contributed by atoms with Crippen molar-refractivity contribution in [1.29, 1.82) is 0 Å². The predicted molar refractivity (Wildman–Crippen MR) is 81.3 cm³/mol. The molecule has 1 unspecified atom stereocenters. The highest BCUT2D eigenvalue weighted by atomic mass is 16.5. The first-order chi connectivity index (χ1) is 10.1. The van der Waals surface area contributed by atoms with Crippen molar-refractivity contribution in [3.8, 4) is 0 Å². The smallest absolute Gasteiger partial charge is 0.306 e. The average Bonchev–Trinajstić information content (AvgIpc) is 2.76. The maximum Gasteiger partial charge on any atom is 0.306 e. The molecular weight excluding hydrogens is 282 g/mol. The summed E-state index contributed by atoms with van der Waals surface area (Å²) in [6.07, 6.45) is 2.72. The standard InChI is InChI=1S/C17H27NO4/c1-15(2)12(16(15,3)4)13(19)18-11-5-6-22-17(9-11)7-10(8-17)14(20)21/h10-12H,5-9H2,1-4H3,(H,18,19)(H,20,21). The summed E-state index contributed by atoms with van der Waals surface area (Å²) in [5.74, 6) is -0.810. The monoisotopic (exact) mass is 309 g/mol. The molecule has 3 aliphatic rings. The van der Waals surface area contributed by atoms with Crippen LogP contribution in [0.1, 0.15) is 53.4 Å². The Kier molecular flexibility index (Phi) is 3.37. The van der Waals surface area contributed by atoms with Crippen molar-refractivity contribution in [2.45, 2.75) is 65.0 Å². The predicted octanol–water partition coefficient (Wildman–Crippen LogP) is 2.20. The molecule has 22 heavy (non-hydrogen) atoms. The van der Waals surface area contributed by atoms with Crippen LogP contribution in [0.2, 0.25) is 0 Å². The zero-order valence-corrected chi connectivity index (χ0v) is 13.9. The lowest BCUT2D eigenvalue weighted by Crippen LogP contribution is -2.56. The third-order valence-corrected chi connectivity index (χ3v) is 6.71. The number of carbonyl (C=O) groups is 2. The van der Waals surface area contributed by atoms with E-state index in [-0.39, 0.29) is 40.2 Å². The van der Waals surface area contributed by atoms with E-state index in [4.69, 9.17) is 9.84 Å². The highest BCUT2D eigenvalue weighted by Gasteiger charge is 2.68. The Hall–Kier alpha value is -1.10. The molecular formula is C17H27NO4. The molecule has 5 heteroatoms. The van der Waals surface area contributed by atoms with E-state index in [1.54, 1.807) is 0 Å².